The standard InChI is InChI=1S/C12H13F2NO4S/c13-8-2-4-10(14)11(6-8)20(18,19)15-9-3-1-7(5-9)12(16)17/h2,4,6-7,9,15H,1,3,5H2,(H,16,17). The number of carboxylic acids is 1. The van der Waals surface area contributed by atoms with E-state index < -0.39 is 44.5 Å². The molecule has 1 aliphatic carbocycles. The van der Waals surface area contributed by atoms with E-state index in [4.69, 9.17) is 5.11 Å². The Morgan fingerprint density at radius 3 is 2.60 bits per heavy atom. The van der Waals surface area contributed by atoms with Gasteiger partial charge in [0.05, 0.1) is 5.92 Å². The highest BCUT2D eigenvalue weighted by molar-refractivity contribution is 7.89. The van der Waals surface area contributed by atoms with Gasteiger partial charge in [0.1, 0.15) is 16.5 Å². The van der Waals surface area contributed by atoms with E-state index in [9.17, 15) is 22.0 Å². The first-order valence-corrected chi connectivity index (χ1v) is 7.48. The fourth-order valence-corrected chi connectivity index (χ4v) is 3.65. The van der Waals surface area contributed by atoms with E-state index in [0.29, 0.717) is 18.9 Å². The molecule has 1 saturated carbocycles. The maximum absolute atomic E-state index is 13.5. The van der Waals surface area contributed by atoms with Crippen molar-refractivity contribution in [3.8, 4) is 0 Å². The average molecular weight is 305 g/mol. The lowest BCUT2D eigenvalue weighted by Gasteiger charge is -2.13. The van der Waals surface area contributed by atoms with Crippen LogP contribution in [0.25, 0.3) is 0 Å². The monoisotopic (exact) mass is 305 g/mol. The number of hydrogen-bond donors (Lipinski definition) is 2. The first-order chi connectivity index (χ1) is 9.29. The van der Waals surface area contributed by atoms with Crippen molar-refractivity contribution in [1.82, 2.24) is 4.72 Å². The maximum atomic E-state index is 13.5. The zero-order valence-corrected chi connectivity index (χ0v) is 11.2. The summed E-state index contributed by atoms with van der Waals surface area (Å²) in [6, 6.07) is 1.58. The van der Waals surface area contributed by atoms with E-state index >= 15 is 0 Å². The molecule has 2 atom stereocenters. The zero-order chi connectivity index (χ0) is 14.9. The molecule has 1 fully saturated rings. The van der Waals surface area contributed by atoms with Crippen LogP contribution in [0.1, 0.15) is 19.3 Å². The van der Waals surface area contributed by atoms with Crippen LogP contribution < -0.4 is 4.72 Å². The minimum Gasteiger partial charge on any atom is -0.481 e. The molecule has 1 aliphatic rings. The molecule has 1 aromatic rings. The zero-order valence-electron chi connectivity index (χ0n) is 10.3. The molecule has 110 valence electrons. The van der Waals surface area contributed by atoms with Crippen LogP contribution in [0.5, 0.6) is 0 Å². The average Bonchev–Trinajstić information content (AvgIpc) is 2.80. The van der Waals surface area contributed by atoms with Crippen molar-refractivity contribution in [2.24, 2.45) is 5.92 Å². The number of carboxylic acid groups (broad SMARTS) is 1. The molecular weight excluding hydrogens is 292 g/mol. The normalized spacial score (nSPS) is 22.9. The number of hydrogen-bond acceptors (Lipinski definition) is 3. The number of aliphatic carboxylic acids is 1. The van der Waals surface area contributed by atoms with Crippen molar-refractivity contribution in [3.05, 3.63) is 29.8 Å². The fraction of sp³-hybridized carbons (Fsp3) is 0.417. The lowest BCUT2D eigenvalue weighted by atomic mass is 10.1. The van der Waals surface area contributed by atoms with Crippen LogP contribution in [0.2, 0.25) is 0 Å². The molecule has 0 aromatic heterocycles. The molecule has 0 radical (unpaired) electrons. The topological polar surface area (TPSA) is 83.5 Å². The summed E-state index contributed by atoms with van der Waals surface area (Å²) in [5.41, 5.74) is 0. The highest BCUT2D eigenvalue weighted by Gasteiger charge is 2.33. The van der Waals surface area contributed by atoms with Crippen LogP contribution in [0.4, 0.5) is 8.78 Å². The summed E-state index contributed by atoms with van der Waals surface area (Å²) in [5, 5.41) is 8.84. The lowest BCUT2D eigenvalue weighted by molar-refractivity contribution is -0.141. The van der Waals surface area contributed by atoms with Gasteiger partial charge in [-0.25, -0.2) is 21.9 Å². The van der Waals surface area contributed by atoms with E-state index in [1.54, 1.807) is 0 Å². The number of halogens is 2. The molecule has 2 unspecified atom stereocenters. The number of sulfonamides is 1. The molecule has 5 nitrogen and oxygen atoms in total. The molecule has 0 amide bonds. The second-order valence-corrected chi connectivity index (χ2v) is 6.42. The van der Waals surface area contributed by atoms with Gasteiger partial charge in [0.15, 0.2) is 0 Å². The fourth-order valence-electron chi connectivity index (χ4n) is 2.28. The van der Waals surface area contributed by atoms with Gasteiger partial charge in [0, 0.05) is 6.04 Å². The molecule has 20 heavy (non-hydrogen) atoms. The van der Waals surface area contributed by atoms with E-state index in [1.807, 2.05) is 0 Å². The van der Waals surface area contributed by atoms with Crippen molar-refractivity contribution in [3.63, 3.8) is 0 Å². The minimum absolute atomic E-state index is 0.144. The number of benzene rings is 1. The molecule has 2 rings (SSSR count). The predicted octanol–water partition coefficient (Wildman–Crippen LogP) is 1.50. The third kappa shape index (κ3) is 3.13. The smallest absolute Gasteiger partial charge is 0.306 e. The van der Waals surface area contributed by atoms with Gasteiger partial charge in [-0.2, -0.15) is 0 Å². The second-order valence-electron chi connectivity index (χ2n) is 4.74. The Kier molecular flexibility index (Phi) is 4.05. The molecule has 0 heterocycles. The Bertz CT molecular complexity index is 632. The van der Waals surface area contributed by atoms with Crippen LogP contribution in [0.3, 0.4) is 0 Å². The minimum atomic E-state index is -4.20. The number of nitrogens with one attached hydrogen (secondary N) is 1. The van der Waals surface area contributed by atoms with Gasteiger partial charge in [0.2, 0.25) is 10.0 Å². The number of carbonyl (C=O) groups is 1. The summed E-state index contributed by atoms with van der Waals surface area (Å²) in [5.74, 6) is -3.50. The van der Waals surface area contributed by atoms with Gasteiger partial charge >= 0.3 is 5.97 Å². The second kappa shape index (κ2) is 5.45. The molecule has 1 aromatic carbocycles. The largest absolute Gasteiger partial charge is 0.481 e. The highest BCUT2D eigenvalue weighted by atomic mass is 32.2. The summed E-state index contributed by atoms with van der Waals surface area (Å²) >= 11 is 0. The van der Waals surface area contributed by atoms with E-state index in [-0.39, 0.29) is 6.42 Å². The third-order valence-electron chi connectivity index (χ3n) is 3.29. The highest BCUT2D eigenvalue weighted by Crippen LogP contribution is 2.27. The maximum Gasteiger partial charge on any atom is 0.306 e. The van der Waals surface area contributed by atoms with Crippen LogP contribution in [-0.2, 0) is 14.8 Å². The Balaban J connectivity index is 2.16. The molecule has 2 N–H and O–H groups in total. The molecular formula is C12H13F2NO4S. The first kappa shape index (κ1) is 14.9. The Morgan fingerprint density at radius 1 is 1.30 bits per heavy atom. The molecule has 0 aliphatic heterocycles. The summed E-state index contributed by atoms with van der Waals surface area (Å²) in [6.07, 6.45) is 0.854. The summed E-state index contributed by atoms with van der Waals surface area (Å²) in [4.78, 5) is 10.0. The van der Waals surface area contributed by atoms with Crippen LogP contribution in [0, 0.1) is 17.6 Å². The van der Waals surface area contributed by atoms with Gasteiger partial charge in [-0.05, 0) is 37.5 Å². The SMILES string of the molecule is O=C(O)C1CCC(NS(=O)(=O)c2cc(F)ccc2F)C1. The predicted molar refractivity (Wildman–Crippen MR) is 65.4 cm³/mol. The van der Waals surface area contributed by atoms with Crippen molar-refractivity contribution in [2.45, 2.75) is 30.2 Å². The van der Waals surface area contributed by atoms with Crippen LogP contribution in [-0.4, -0.2) is 25.5 Å². The van der Waals surface area contributed by atoms with Crippen molar-refractivity contribution in [1.29, 1.82) is 0 Å². The number of rotatable bonds is 4. The van der Waals surface area contributed by atoms with Gasteiger partial charge in [-0.3, -0.25) is 4.79 Å². The Morgan fingerprint density at radius 2 is 2.00 bits per heavy atom. The van der Waals surface area contributed by atoms with Gasteiger partial charge in [-0.15, -0.1) is 0 Å². The molecule has 0 saturated heterocycles. The van der Waals surface area contributed by atoms with E-state index in [0.717, 1.165) is 12.1 Å². The quantitative estimate of drug-likeness (QED) is 0.883. The van der Waals surface area contributed by atoms with Crippen LogP contribution in [0.15, 0.2) is 23.1 Å². The summed E-state index contributed by atoms with van der Waals surface area (Å²) in [7, 11) is -4.20. The Labute approximate surface area is 114 Å². The third-order valence-corrected chi connectivity index (χ3v) is 4.82. The van der Waals surface area contributed by atoms with Crippen molar-refractivity contribution in [2.75, 3.05) is 0 Å². The summed E-state index contributed by atoms with van der Waals surface area (Å²) in [6.45, 7) is 0. The first-order valence-electron chi connectivity index (χ1n) is 6.00. The summed E-state index contributed by atoms with van der Waals surface area (Å²) < 4.78 is 52.7. The Hall–Kier alpha value is -1.54. The van der Waals surface area contributed by atoms with Crippen molar-refractivity contribution < 1.29 is 27.1 Å². The van der Waals surface area contributed by atoms with E-state index in [1.165, 1.54) is 0 Å². The van der Waals surface area contributed by atoms with Gasteiger partial charge < -0.3 is 5.11 Å². The van der Waals surface area contributed by atoms with Crippen LogP contribution >= 0.6 is 0 Å². The van der Waals surface area contributed by atoms with Gasteiger partial charge in [-0.1, -0.05) is 0 Å². The lowest BCUT2D eigenvalue weighted by Crippen LogP contribution is -2.34. The molecule has 8 heteroatoms. The molecule has 0 bridgehead atoms. The van der Waals surface area contributed by atoms with Gasteiger partial charge in [0.25, 0.3) is 0 Å². The van der Waals surface area contributed by atoms with Crippen molar-refractivity contribution >= 4 is 16.0 Å². The van der Waals surface area contributed by atoms with E-state index in [2.05, 4.69) is 4.72 Å². The molecule has 0 spiro atoms.